The number of methoxy groups -OCH3 is 1. The average Bonchev–Trinajstić information content (AvgIpc) is 2.99. The maximum absolute atomic E-state index is 12.0. The molecule has 7 heteroatoms. The molecular formula is C17H14N2O5. The molecule has 0 radical (unpaired) electrons. The fraction of sp³-hybridized carbons (Fsp3) is 0.0588. The molecule has 1 aromatic heterocycles. The van der Waals surface area contributed by atoms with Crippen LogP contribution in [-0.2, 0) is 0 Å². The summed E-state index contributed by atoms with van der Waals surface area (Å²) in [5.74, 6) is 0.152. The third-order valence-electron chi connectivity index (χ3n) is 3.33. The number of amides is 1. The number of rotatable bonds is 4. The highest BCUT2D eigenvalue weighted by Crippen LogP contribution is 2.23. The van der Waals surface area contributed by atoms with Gasteiger partial charge < -0.3 is 19.4 Å². The number of fused-ring (bicyclic) bond motifs is 1. The summed E-state index contributed by atoms with van der Waals surface area (Å²) in [6, 6.07) is 10.7. The summed E-state index contributed by atoms with van der Waals surface area (Å²) in [7, 11) is 1.51. The Bertz CT molecular complexity index is 930. The first-order chi connectivity index (χ1) is 11.6. The molecule has 0 aliphatic heterocycles. The maximum Gasteiger partial charge on any atom is 0.307 e. The number of ether oxygens (including phenoxy) is 1. The fourth-order valence-corrected chi connectivity index (χ4v) is 2.12. The number of carbonyl (C=O) groups excluding carboxylic acids is 1. The van der Waals surface area contributed by atoms with Gasteiger partial charge in [-0.3, -0.25) is 4.79 Å². The van der Waals surface area contributed by atoms with E-state index in [1.165, 1.54) is 37.6 Å². The Morgan fingerprint density at radius 3 is 2.83 bits per heavy atom. The first-order valence-corrected chi connectivity index (χ1v) is 7.00. The van der Waals surface area contributed by atoms with Crippen LogP contribution >= 0.6 is 0 Å². The minimum absolute atomic E-state index is 0.00742. The SMILES string of the molecule is COc1ccc(O)c(/C=N/NC(=O)c2cc3cc(O)ccc3o2)c1. The summed E-state index contributed by atoms with van der Waals surface area (Å²) in [4.78, 5) is 12.0. The summed E-state index contributed by atoms with van der Waals surface area (Å²) < 4.78 is 10.4. The van der Waals surface area contributed by atoms with Crippen molar-refractivity contribution in [3.8, 4) is 17.2 Å². The zero-order valence-corrected chi connectivity index (χ0v) is 12.7. The Labute approximate surface area is 136 Å². The Hall–Kier alpha value is -3.48. The second-order valence-corrected chi connectivity index (χ2v) is 4.96. The van der Waals surface area contributed by atoms with Gasteiger partial charge in [0.25, 0.3) is 0 Å². The van der Waals surface area contributed by atoms with Gasteiger partial charge >= 0.3 is 5.91 Å². The highest BCUT2D eigenvalue weighted by molar-refractivity contribution is 5.97. The van der Waals surface area contributed by atoms with Crippen LogP contribution in [0.4, 0.5) is 0 Å². The minimum Gasteiger partial charge on any atom is -0.508 e. The second-order valence-electron chi connectivity index (χ2n) is 4.96. The Morgan fingerprint density at radius 1 is 1.21 bits per heavy atom. The fourth-order valence-electron chi connectivity index (χ4n) is 2.12. The number of phenolic OH excluding ortho intramolecular Hbond substituents is 2. The van der Waals surface area contributed by atoms with Gasteiger partial charge in [-0.15, -0.1) is 0 Å². The number of furan rings is 1. The number of aromatic hydroxyl groups is 2. The smallest absolute Gasteiger partial charge is 0.307 e. The van der Waals surface area contributed by atoms with Crippen molar-refractivity contribution in [3.05, 3.63) is 53.8 Å². The van der Waals surface area contributed by atoms with Crippen LogP contribution in [0.1, 0.15) is 16.1 Å². The molecule has 0 fully saturated rings. The summed E-state index contributed by atoms with van der Waals surface area (Å²) in [5.41, 5.74) is 3.18. The van der Waals surface area contributed by atoms with Crippen LogP contribution in [0.3, 0.4) is 0 Å². The van der Waals surface area contributed by atoms with E-state index in [0.29, 0.717) is 22.3 Å². The molecule has 7 nitrogen and oxygen atoms in total. The maximum atomic E-state index is 12.0. The summed E-state index contributed by atoms with van der Waals surface area (Å²) >= 11 is 0. The Kier molecular flexibility index (Phi) is 4.07. The van der Waals surface area contributed by atoms with Crippen LogP contribution in [0.15, 0.2) is 52.0 Å². The second kappa shape index (κ2) is 6.33. The number of nitrogens with one attached hydrogen (secondary N) is 1. The number of nitrogens with zero attached hydrogens (tertiary/aromatic N) is 1. The van der Waals surface area contributed by atoms with Crippen molar-refractivity contribution >= 4 is 23.1 Å². The van der Waals surface area contributed by atoms with Crippen LogP contribution < -0.4 is 10.2 Å². The van der Waals surface area contributed by atoms with Crippen molar-refractivity contribution in [2.45, 2.75) is 0 Å². The van der Waals surface area contributed by atoms with Gasteiger partial charge in [0.05, 0.1) is 13.3 Å². The molecule has 0 saturated carbocycles. The first kappa shape index (κ1) is 15.4. The van der Waals surface area contributed by atoms with E-state index < -0.39 is 5.91 Å². The molecule has 0 atom stereocenters. The molecule has 0 aliphatic carbocycles. The van der Waals surface area contributed by atoms with E-state index in [2.05, 4.69) is 10.5 Å². The van der Waals surface area contributed by atoms with Crippen LogP contribution in [0.5, 0.6) is 17.2 Å². The normalized spacial score (nSPS) is 11.0. The van der Waals surface area contributed by atoms with Crippen molar-refractivity contribution in [1.82, 2.24) is 5.43 Å². The number of hydrogen-bond donors (Lipinski definition) is 3. The predicted molar refractivity (Wildman–Crippen MR) is 87.6 cm³/mol. The van der Waals surface area contributed by atoms with Crippen LogP contribution in [0.2, 0.25) is 0 Å². The lowest BCUT2D eigenvalue weighted by Gasteiger charge is -2.02. The molecule has 24 heavy (non-hydrogen) atoms. The molecule has 1 heterocycles. The van der Waals surface area contributed by atoms with Crippen molar-refractivity contribution in [2.75, 3.05) is 7.11 Å². The van der Waals surface area contributed by atoms with Gasteiger partial charge in [0.2, 0.25) is 0 Å². The van der Waals surface area contributed by atoms with E-state index in [-0.39, 0.29) is 17.3 Å². The highest BCUT2D eigenvalue weighted by atomic mass is 16.5. The standard InChI is InChI=1S/C17H14N2O5/c1-23-13-3-4-14(21)11(7-13)9-18-19-17(22)16-8-10-6-12(20)2-5-15(10)24-16/h2-9,20-21H,1H3,(H,19,22)/b18-9+. The predicted octanol–water partition coefficient (Wildman–Crippen LogP) is 2.62. The van der Waals surface area contributed by atoms with Crippen LogP contribution in [-0.4, -0.2) is 29.4 Å². The van der Waals surface area contributed by atoms with Crippen LogP contribution in [0, 0.1) is 0 Å². The van der Waals surface area contributed by atoms with Crippen molar-refractivity contribution in [2.24, 2.45) is 5.10 Å². The lowest BCUT2D eigenvalue weighted by molar-refractivity contribution is 0.0929. The van der Waals surface area contributed by atoms with E-state index in [0.717, 1.165) is 0 Å². The van der Waals surface area contributed by atoms with Gasteiger partial charge in [0, 0.05) is 10.9 Å². The summed E-state index contributed by atoms with van der Waals surface area (Å²) in [6.45, 7) is 0. The number of hydrogen-bond acceptors (Lipinski definition) is 6. The minimum atomic E-state index is -0.552. The quantitative estimate of drug-likeness (QED) is 0.505. The number of phenols is 2. The molecule has 2 aromatic carbocycles. The van der Waals surface area contributed by atoms with Crippen molar-refractivity contribution < 1.29 is 24.2 Å². The van der Waals surface area contributed by atoms with Gasteiger partial charge in [0.15, 0.2) is 5.76 Å². The molecule has 3 rings (SSSR count). The van der Waals surface area contributed by atoms with E-state index in [9.17, 15) is 15.0 Å². The molecule has 0 aliphatic rings. The van der Waals surface area contributed by atoms with Gasteiger partial charge in [-0.2, -0.15) is 5.10 Å². The van der Waals surface area contributed by atoms with E-state index in [1.807, 2.05) is 0 Å². The molecule has 0 bridgehead atoms. The monoisotopic (exact) mass is 326 g/mol. The van der Waals surface area contributed by atoms with E-state index in [1.54, 1.807) is 18.2 Å². The molecule has 122 valence electrons. The average molecular weight is 326 g/mol. The molecule has 0 spiro atoms. The number of carbonyl (C=O) groups is 1. The molecule has 3 aromatic rings. The Morgan fingerprint density at radius 2 is 2.04 bits per heavy atom. The Balaban J connectivity index is 1.74. The van der Waals surface area contributed by atoms with Gasteiger partial charge in [-0.1, -0.05) is 0 Å². The summed E-state index contributed by atoms with van der Waals surface area (Å²) in [5, 5.41) is 23.5. The molecular weight excluding hydrogens is 312 g/mol. The third-order valence-corrected chi connectivity index (χ3v) is 3.33. The molecule has 3 N–H and O–H groups in total. The largest absolute Gasteiger partial charge is 0.508 e. The lowest BCUT2D eigenvalue weighted by Crippen LogP contribution is -2.16. The highest BCUT2D eigenvalue weighted by Gasteiger charge is 2.12. The van der Waals surface area contributed by atoms with Gasteiger partial charge in [-0.05, 0) is 42.5 Å². The molecule has 0 unspecified atom stereocenters. The lowest BCUT2D eigenvalue weighted by atomic mass is 10.2. The van der Waals surface area contributed by atoms with E-state index >= 15 is 0 Å². The number of benzene rings is 2. The van der Waals surface area contributed by atoms with Crippen molar-refractivity contribution in [3.63, 3.8) is 0 Å². The van der Waals surface area contributed by atoms with Gasteiger partial charge in [-0.25, -0.2) is 5.43 Å². The van der Waals surface area contributed by atoms with Gasteiger partial charge in [0.1, 0.15) is 22.8 Å². The van der Waals surface area contributed by atoms with Crippen molar-refractivity contribution in [1.29, 1.82) is 0 Å². The molecule has 1 amide bonds. The topological polar surface area (TPSA) is 104 Å². The number of hydrazone groups is 1. The third kappa shape index (κ3) is 3.14. The zero-order chi connectivity index (χ0) is 17.1. The first-order valence-electron chi connectivity index (χ1n) is 7.00. The van der Waals surface area contributed by atoms with Crippen LogP contribution in [0.25, 0.3) is 11.0 Å². The van der Waals surface area contributed by atoms with E-state index in [4.69, 9.17) is 9.15 Å². The zero-order valence-electron chi connectivity index (χ0n) is 12.7. The molecule has 0 saturated heterocycles. The summed E-state index contributed by atoms with van der Waals surface area (Å²) in [6.07, 6.45) is 1.30.